The SMILES string of the molecule is CCC(C)C[C@@H](NC(N)=NC(=O)CC(C)C)C(=O)NCc1ccc(OC)c(OC)c1. The first-order valence-corrected chi connectivity index (χ1v) is 10.3. The fraction of sp³-hybridized carbons (Fsp3) is 0.591. The molecule has 0 heterocycles. The van der Waals surface area contributed by atoms with E-state index < -0.39 is 6.04 Å². The number of amides is 2. The zero-order chi connectivity index (χ0) is 22.7. The Kier molecular flexibility index (Phi) is 10.7. The average molecular weight is 421 g/mol. The maximum atomic E-state index is 12.8. The molecule has 1 rings (SSSR count). The van der Waals surface area contributed by atoms with Crippen molar-refractivity contribution in [3.63, 3.8) is 0 Å². The van der Waals surface area contributed by atoms with Crippen LogP contribution in [0.15, 0.2) is 23.2 Å². The molecule has 0 aliphatic heterocycles. The van der Waals surface area contributed by atoms with Gasteiger partial charge in [0.2, 0.25) is 11.8 Å². The number of nitrogens with two attached hydrogens (primary N) is 1. The van der Waals surface area contributed by atoms with Crippen LogP contribution >= 0.6 is 0 Å². The minimum absolute atomic E-state index is 0.0322. The molecule has 1 aromatic carbocycles. The molecule has 0 aliphatic carbocycles. The van der Waals surface area contributed by atoms with Crippen molar-refractivity contribution in [3.05, 3.63) is 23.8 Å². The zero-order valence-corrected chi connectivity index (χ0v) is 19.0. The largest absolute Gasteiger partial charge is 0.493 e. The molecule has 1 aromatic rings. The molecule has 8 nitrogen and oxygen atoms in total. The Morgan fingerprint density at radius 1 is 1.13 bits per heavy atom. The molecule has 0 bridgehead atoms. The number of benzene rings is 1. The first kappa shape index (κ1) is 25.3. The maximum absolute atomic E-state index is 12.8. The molecule has 0 fully saturated rings. The van der Waals surface area contributed by atoms with Crippen LogP contribution in [0.1, 0.15) is 52.5 Å². The molecule has 2 atom stereocenters. The molecule has 0 spiro atoms. The number of aliphatic imine (C=N–C) groups is 1. The molecule has 8 heteroatoms. The lowest BCUT2D eigenvalue weighted by molar-refractivity contribution is -0.123. The third-order valence-corrected chi connectivity index (χ3v) is 4.72. The molecule has 1 unspecified atom stereocenters. The molecular weight excluding hydrogens is 384 g/mol. The van der Waals surface area contributed by atoms with Gasteiger partial charge in [-0.1, -0.05) is 40.2 Å². The van der Waals surface area contributed by atoms with Crippen molar-refractivity contribution < 1.29 is 19.1 Å². The van der Waals surface area contributed by atoms with Gasteiger partial charge in [-0.25, -0.2) is 0 Å². The summed E-state index contributed by atoms with van der Waals surface area (Å²) in [6.45, 7) is 8.32. The van der Waals surface area contributed by atoms with Gasteiger partial charge in [-0.3, -0.25) is 9.59 Å². The Bertz CT molecular complexity index is 734. The third kappa shape index (κ3) is 8.71. The third-order valence-electron chi connectivity index (χ3n) is 4.72. The van der Waals surface area contributed by atoms with Gasteiger partial charge in [0.25, 0.3) is 0 Å². The fourth-order valence-electron chi connectivity index (χ4n) is 2.84. The first-order valence-electron chi connectivity index (χ1n) is 10.3. The van der Waals surface area contributed by atoms with Crippen LogP contribution in [-0.2, 0) is 16.1 Å². The molecule has 0 saturated heterocycles. The number of carbonyl (C=O) groups is 2. The predicted octanol–water partition coefficient (Wildman–Crippen LogP) is 2.60. The molecular formula is C22H36N4O4. The van der Waals surface area contributed by atoms with Crippen LogP contribution in [0.25, 0.3) is 0 Å². The lowest BCUT2D eigenvalue weighted by Gasteiger charge is -2.22. The van der Waals surface area contributed by atoms with E-state index in [0.717, 1.165) is 12.0 Å². The summed E-state index contributed by atoms with van der Waals surface area (Å²) in [5.41, 5.74) is 6.76. The number of nitrogens with zero attached hydrogens (tertiary/aromatic N) is 1. The minimum Gasteiger partial charge on any atom is -0.493 e. The molecule has 0 aliphatic rings. The summed E-state index contributed by atoms with van der Waals surface area (Å²) in [4.78, 5) is 28.6. The van der Waals surface area contributed by atoms with Crippen LogP contribution in [0.2, 0.25) is 0 Å². The highest BCUT2D eigenvalue weighted by atomic mass is 16.5. The van der Waals surface area contributed by atoms with Crippen LogP contribution in [0, 0.1) is 11.8 Å². The van der Waals surface area contributed by atoms with E-state index in [2.05, 4.69) is 29.5 Å². The van der Waals surface area contributed by atoms with Crippen molar-refractivity contribution in [1.29, 1.82) is 0 Å². The predicted molar refractivity (Wildman–Crippen MR) is 118 cm³/mol. The number of guanidine groups is 1. The number of carbonyl (C=O) groups excluding carboxylic acids is 2. The number of methoxy groups -OCH3 is 2. The average Bonchev–Trinajstić information content (AvgIpc) is 2.70. The van der Waals surface area contributed by atoms with Crippen LogP contribution < -0.4 is 25.8 Å². The quantitative estimate of drug-likeness (QED) is 0.374. The number of nitrogens with one attached hydrogen (secondary N) is 2. The highest BCUT2D eigenvalue weighted by Crippen LogP contribution is 2.27. The van der Waals surface area contributed by atoms with Crippen molar-refractivity contribution in [3.8, 4) is 11.5 Å². The summed E-state index contributed by atoms with van der Waals surface area (Å²) in [5, 5.41) is 5.83. The van der Waals surface area contributed by atoms with E-state index in [4.69, 9.17) is 15.2 Å². The van der Waals surface area contributed by atoms with Crippen molar-refractivity contribution in [2.24, 2.45) is 22.6 Å². The smallest absolute Gasteiger partial charge is 0.249 e. The summed E-state index contributed by atoms with van der Waals surface area (Å²) in [5.74, 6) is 1.17. The van der Waals surface area contributed by atoms with Crippen molar-refractivity contribution in [1.82, 2.24) is 10.6 Å². The van der Waals surface area contributed by atoms with Crippen LogP contribution in [0.5, 0.6) is 11.5 Å². The summed E-state index contributed by atoms with van der Waals surface area (Å²) < 4.78 is 10.5. The van der Waals surface area contributed by atoms with Crippen molar-refractivity contribution >= 4 is 17.8 Å². The lowest BCUT2D eigenvalue weighted by atomic mass is 9.98. The van der Waals surface area contributed by atoms with Gasteiger partial charge >= 0.3 is 0 Å². The second-order valence-electron chi connectivity index (χ2n) is 7.84. The van der Waals surface area contributed by atoms with Crippen LogP contribution in [0.4, 0.5) is 0 Å². The van der Waals surface area contributed by atoms with Crippen LogP contribution in [-0.4, -0.2) is 38.0 Å². The van der Waals surface area contributed by atoms with Gasteiger partial charge in [0.05, 0.1) is 14.2 Å². The van der Waals surface area contributed by atoms with Gasteiger partial charge in [0.15, 0.2) is 17.5 Å². The Hall–Kier alpha value is -2.77. The first-order chi connectivity index (χ1) is 14.2. The standard InChI is InChI=1S/C22H36N4O4/c1-7-15(4)11-17(25-22(23)26-20(27)10-14(2)3)21(28)24-13-16-8-9-18(29-5)19(12-16)30-6/h8-9,12,14-15,17H,7,10-11,13H2,1-6H3,(H,24,28)(H3,23,25,26,27)/t15?,17-/m1/s1. The van der Waals surface area contributed by atoms with Gasteiger partial charge in [-0.05, 0) is 36.0 Å². The molecule has 168 valence electrons. The Morgan fingerprint density at radius 2 is 1.80 bits per heavy atom. The molecule has 4 N–H and O–H groups in total. The van der Waals surface area contributed by atoms with Crippen LogP contribution in [0.3, 0.4) is 0 Å². The van der Waals surface area contributed by atoms with E-state index in [1.807, 2.05) is 26.0 Å². The van der Waals surface area contributed by atoms with E-state index >= 15 is 0 Å². The van der Waals surface area contributed by atoms with E-state index in [1.54, 1.807) is 20.3 Å². The normalized spacial score (nSPS) is 13.5. The topological polar surface area (TPSA) is 115 Å². The Balaban J connectivity index is 2.83. The van der Waals surface area contributed by atoms with Gasteiger partial charge in [-0.2, -0.15) is 4.99 Å². The number of hydrogen-bond donors (Lipinski definition) is 3. The van der Waals surface area contributed by atoms with Crippen molar-refractivity contribution in [2.75, 3.05) is 14.2 Å². The summed E-state index contributed by atoms with van der Waals surface area (Å²) in [7, 11) is 3.14. The summed E-state index contributed by atoms with van der Waals surface area (Å²) >= 11 is 0. The van der Waals surface area contributed by atoms with Crippen molar-refractivity contribution in [2.45, 2.75) is 59.5 Å². The lowest BCUT2D eigenvalue weighted by Crippen LogP contribution is -2.50. The van der Waals surface area contributed by atoms with Gasteiger partial charge in [0, 0.05) is 13.0 Å². The highest BCUT2D eigenvalue weighted by Gasteiger charge is 2.21. The zero-order valence-electron chi connectivity index (χ0n) is 19.0. The monoisotopic (exact) mass is 420 g/mol. The number of rotatable bonds is 11. The maximum Gasteiger partial charge on any atom is 0.249 e. The molecule has 0 aromatic heterocycles. The van der Waals surface area contributed by atoms with Gasteiger partial charge in [-0.15, -0.1) is 0 Å². The number of ether oxygens (including phenoxy) is 2. The highest BCUT2D eigenvalue weighted by molar-refractivity contribution is 5.95. The Labute approximate surface area is 179 Å². The second-order valence-corrected chi connectivity index (χ2v) is 7.84. The minimum atomic E-state index is -0.587. The van der Waals surface area contributed by atoms with Gasteiger partial charge < -0.3 is 25.8 Å². The van der Waals surface area contributed by atoms with E-state index in [9.17, 15) is 9.59 Å². The van der Waals surface area contributed by atoms with E-state index in [0.29, 0.717) is 36.8 Å². The van der Waals surface area contributed by atoms with E-state index in [-0.39, 0.29) is 23.7 Å². The molecule has 0 saturated carbocycles. The second kappa shape index (κ2) is 12.7. The summed E-state index contributed by atoms with van der Waals surface area (Å²) in [6.07, 6.45) is 1.80. The number of hydrogen-bond acceptors (Lipinski definition) is 4. The molecule has 30 heavy (non-hydrogen) atoms. The fourth-order valence-corrected chi connectivity index (χ4v) is 2.84. The molecule has 0 radical (unpaired) electrons. The van der Waals surface area contributed by atoms with E-state index in [1.165, 1.54) is 0 Å². The van der Waals surface area contributed by atoms with Gasteiger partial charge in [0.1, 0.15) is 6.04 Å². The summed E-state index contributed by atoms with van der Waals surface area (Å²) in [6, 6.07) is 4.88. The Morgan fingerprint density at radius 3 is 2.37 bits per heavy atom. The molecule has 2 amide bonds.